The summed E-state index contributed by atoms with van der Waals surface area (Å²) in [4.78, 5) is 52.4. The first-order valence-corrected chi connectivity index (χ1v) is 14.6. The third-order valence-electron chi connectivity index (χ3n) is 5.86. The van der Waals surface area contributed by atoms with Crippen molar-refractivity contribution in [3.63, 3.8) is 0 Å². The number of esters is 1. The number of benzene rings is 3. The number of hydrogen-bond acceptors (Lipinski definition) is 7. The molecule has 3 N–H and O–H groups in total. The summed E-state index contributed by atoms with van der Waals surface area (Å²) in [6.07, 6.45) is 0. The minimum Gasteiger partial charge on any atom is -0.462 e. The Kier molecular flexibility index (Phi) is 9.94. The van der Waals surface area contributed by atoms with Crippen LogP contribution in [0.3, 0.4) is 0 Å². The highest BCUT2D eigenvalue weighted by Gasteiger charge is 2.26. The summed E-state index contributed by atoms with van der Waals surface area (Å²) in [6, 6.07) is 23.5. The zero-order chi connectivity index (χ0) is 29.4. The van der Waals surface area contributed by atoms with E-state index in [0.717, 1.165) is 21.8 Å². The van der Waals surface area contributed by atoms with Crippen LogP contribution in [0.15, 0.2) is 83.8 Å². The first-order chi connectivity index (χ1) is 19.7. The van der Waals surface area contributed by atoms with Gasteiger partial charge in [0, 0.05) is 21.8 Å². The van der Waals surface area contributed by atoms with Gasteiger partial charge < -0.3 is 20.7 Å². The smallest absolute Gasteiger partial charge is 0.341 e. The molecule has 0 aliphatic carbocycles. The van der Waals surface area contributed by atoms with E-state index in [2.05, 4.69) is 16.0 Å². The minimum atomic E-state index is -0.611. The summed E-state index contributed by atoms with van der Waals surface area (Å²) < 4.78 is 5.20. The van der Waals surface area contributed by atoms with Gasteiger partial charge in [0.1, 0.15) is 5.00 Å². The summed E-state index contributed by atoms with van der Waals surface area (Å²) in [5.74, 6) is -1.53. The van der Waals surface area contributed by atoms with Crippen LogP contribution in [0.25, 0.3) is 0 Å². The lowest BCUT2D eigenvalue weighted by Crippen LogP contribution is -2.16. The maximum absolute atomic E-state index is 13.0. The molecule has 0 aliphatic heterocycles. The van der Waals surface area contributed by atoms with E-state index in [1.54, 1.807) is 62.4 Å². The molecule has 0 atom stereocenters. The highest BCUT2D eigenvalue weighted by atomic mass is 32.2. The summed E-state index contributed by atoms with van der Waals surface area (Å²) in [5.41, 5.74) is 3.36. The van der Waals surface area contributed by atoms with Gasteiger partial charge in [-0.15, -0.1) is 23.1 Å². The number of carbonyl (C=O) groups is 4. The number of thioether (sulfide) groups is 1. The SMILES string of the molecule is CCOC(=O)c1c(NC(=O)CSc2cccc(NC(=O)c3cccc(C)c3)c2)sc(C(=O)Nc2ccccc2)c1C. The summed E-state index contributed by atoms with van der Waals surface area (Å²) in [7, 11) is 0. The predicted octanol–water partition coefficient (Wildman–Crippen LogP) is 6.78. The molecule has 0 unspecified atom stereocenters. The molecule has 0 fully saturated rings. The van der Waals surface area contributed by atoms with E-state index in [1.807, 2.05) is 37.3 Å². The highest BCUT2D eigenvalue weighted by Crippen LogP contribution is 2.35. The summed E-state index contributed by atoms with van der Waals surface area (Å²) >= 11 is 2.30. The quantitative estimate of drug-likeness (QED) is 0.139. The lowest BCUT2D eigenvalue weighted by Gasteiger charge is -2.09. The van der Waals surface area contributed by atoms with Crippen LogP contribution < -0.4 is 16.0 Å². The van der Waals surface area contributed by atoms with E-state index in [1.165, 1.54) is 11.8 Å². The predicted molar refractivity (Wildman–Crippen MR) is 164 cm³/mol. The molecular formula is C31H29N3O5S2. The van der Waals surface area contributed by atoms with Gasteiger partial charge in [-0.1, -0.05) is 42.0 Å². The van der Waals surface area contributed by atoms with Crippen molar-refractivity contribution in [1.82, 2.24) is 0 Å². The second kappa shape index (κ2) is 13.8. The first-order valence-electron chi connectivity index (χ1n) is 12.8. The monoisotopic (exact) mass is 587 g/mol. The van der Waals surface area contributed by atoms with E-state index < -0.39 is 5.97 Å². The van der Waals surface area contributed by atoms with Gasteiger partial charge in [0.15, 0.2) is 0 Å². The standard InChI is InChI=1S/C31H29N3O5S2/c1-4-39-31(38)26-20(3)27(29(37)32-22-12-6-5-7-13-22)41-30(26)34-25(35)18-40-24-15-9-14-23(17-24)33-28(36)21-11-8-10-19(2)16-21/h5-17H,4,18H2,1-3H3,(H,32,37)(H,33,36)(H,34,35). The van der Waals surface area contributed by atoms with Crippen molar-refractivity contribution in [2.45, 2.75) is 25.7 Å². The van der Waals surface area contributed by atoms with Gasteiger partial charge in [-0.05, 0) is 68.8 Å². The topological polar surface area (TPSA) is 114 Å². The number of amides is 3. The summed E-state index contributed by atoms with van der Waals surface area (Å²) in [6.45, 7) is 5.42. The van der Waals surface area contributed by atoms with Gasteiger partial charge in [-0.25, -0.2) is 4.79 Å². The minimum absolute atomic E-state index is 0.0417. The zero-order valence-electron chi connectivity index (χ0n) is 22.8. The molecule has 0 saturated carbocycles. The van der Waals surface area contributed by atoms with E-state index in [9.17, 15) is 19.2 Å². The Morgan fingerprint density at radius 2 is 1.51 bits per heavy atom. The Labute approximate surface area is 246 Å². The lowest BCUT2D eigenvalue weighted by atomic mass is 10.1. The number of thiophene rings is 1. The maximum Gasteiger partial charge on any atom is 0.341 e. The Hall–Kier alpha value is -4.41. The van der Waals surface area contributed by atoms with Gasteiger partial charge in [-0.3, -0.25) is 14.4 Å². The van der Waals surface area contributed by atoms with E-state index in [0.29, 0.717) is 27.4 Å². The van der Waals surface area contributed by atoms with Crippen molar-refractivity contribution in [3.05, 3.63) is 106 Å². The Balaban J connectivity index is 1.44. The van der Waals surface area contributed by atoms with Gasteiger partial charge >= 0.3 is 5.97 Å². The molecule has 41 heavy (non-hydrogen) atoms. The third-order valence-corrected chi connectivity index (χ3v) is 8.06. The molecule has 0 bridgehead atoms. The number of anilines is 3. The van der Waals surface area contributed by atoms with Crippen molar-refractivity contribution in [1.29, 1.82) is 0 Å². The molecule has 0 aliphatic rings. The molecule has 1 heterocycles. The molecule has 0 radical (unpaired) electrons. The number of hydrogen-bond donors (Lipinski definition) is 3. The van der Waals surface area contributed by atoms with Gasteiger partial charge in [-0.2, -0.15) is 0 Å². The van der Waals surface area contributed by atoms with E-state index in [4.69, 9.17) is 4.74 Å². The van der Waals surface area contributed by atoms with E-state index in [-0.39, 0.29) is 40.6 Å². The van der Waals surface area contributed by atoms with Crippen LogP contribution in [0.2, 0.25) is 0 Å². The average molecular weight is 588 g/mol. The molecule has 210 valence electrons. The van der Waals surface area contributed by atoms with Gasteiger partial charge in [0.2, 0.25) is 5.91 Å². The van der Waals surface area contributed by atoms with Crippen LogP contribution in [0, 0.1) is 13.8 Å². The molecule has 3 aromatic carbocycles. The van der Waals surface area contributed by atoms with Crippen LogP contribution in [0.1, 0.15) is 48.4 Å². The second-order valence-electron chi connectivity index (χ2n) is 8.99. The molecule has 1 aromatic heterocycles. The number of nitrogens with one attached hydrogen (secondary N) is 3. The fourth-order valence-corrected chi connectivity index (χ4v) is 5.80. The molecule has 3 amide bonds. The molecule has 4 aromatic rings. The van der Waals surface area contributed by atoms with Crippen LogP contribution in [-0.4, -0.2) is 36.1 Å². The van der Waals surface area contributed by atoms with Crippen molar-refractivity contribution in [2.24, 2.45) is 0 Å². The summed E-state index contributed by atoms with van der Waals surface area (Å²) in [5, 5.41) is 8.73. The highest BCUT2D eigenvalue weighted by molar-refractivity contribution is 8.00. The maximum atomic E-state index is 13.0. The molecular weight excluding hydrogens is 558 g/mol. The van der Waals surface area contributed by atoms with Gasteiger partial charge in [0.05, 0.1) is 22.8 Å². The largest absolute Gasteiger partial charge is 0.462 e. The Bertz CT molecular complexity index is 1580. The van der Waals surface area contributed by atoms with Crippen molar-refractivity contribution in [2.75, 3.05) is 28.3 Å². The average Bonchev–Trinajstić information content (AvgIpc) is 3.28. The number of para-hydroxylation sites is 1. The Morgan fingerprint density at radius 1 is 0.805 bits per heavy atom. The molecule has 10 heteroatoms. The van der Waals surface area contributed by atoms with Crippen LogP contribution in [0.4, 0.5) is 16.4 Å². The van der Waals surface area contributed by atoms with Crippen LogP contribution in [0.5, 0.6) is 0 Å². The van der Waals surface area contributed by atoms with Gasteiger partial charge in [0.25, 0.3) is 11.8 Å². The van der Waals surface area contributed by atoms with Crippen molar-refractivity contribution >= 4 is 63.2 Å². The number of ether oxygens (including phenoxy) is 1. The van der Waals surface area contributed by atoms with Crippen LogP contribution >= 0.6 is 23.1 Å². The Morgan fingerprint density at radius 3 is 2.24 bits per heavy atom. The molecule has 8 nitrogen and oxygen atoms in total. The normalized spacial score (nSPS) is 10.5. The van der Waals surface area contributed by atoms with Crippen molar-refractivity contribution < 1.29 is 23.9 Å². The second-order valence-corrected chi connectivity index (χ2v) is 11.1. The fourth-order valence-electron chi connectivity index (χ4n) is 3.94. The van der Waals surface area contributed by atoms with Crippen molar-refractivity contribution in [3.8, 4) is 0 Å². The van der Waals surface area contributed by atoms with Crippen LogP contribution in [-0.2, 0) is 9.53 Å². The molecule has 4 rings (SSSR count). The number of aryl methyl sites for hydroxylation is 1. The zero-order valence-corrected chi connectivity index (χ0v) is 24.4. The number of carbonyl (C=O) groups excluding carboxylic acids is 4. The lowest BCUT2D eigenvalue weighted by molar-refractivity contribution is -0.113. The van der Waals surface area contributed by atoms with E-state index >= 15 is 0 Å². The molecule has 0 spiro atoms. The molecule has 0 saturated heterocycles. The number of rotatable bonds is 10. The first kappa shape index (κ1) is 29.6. The third kappa shape index (κ3) is 7.84. The fraction of sp³-hybridized carbons (Fsp3) is 0.161.